The Bertz CT molecular complexity index is 851. The van der Waals surface area contributed by atoms with Crippen molar-refractivity contribution in [3.63, 3.8) is 0 Å². The molecular weight excluding hydrogens is 400 g/mol. The number of carbonyl (C=O) groups excluding carboxylic acids is 1. The highest BCUT2D eigenvalue weighted by molar-refractivity contribution is 7.13. The van der Waals surface area contributed by atoms with Crippen molar-refractivity contribution in [2.75, 3.05) is 19.8 Å². The number of hydrogen-bond acceptors (Lipinski definition) is 6. The number of esters is 1. The number of hydrogen-bond donors (Lipinski definition) is 2. The van der Waals surface area contributed by atoms with Gasteiger partial charge in [0.1, 0.15) is 9.88 Å². The second-order valence-corrected chi connectivity index (χ2v) is 7.68. The first-order chi connectivity index (χ1) is 14.5. The number of aliphatic imine (C=N–C) groups is 1. The Labute approximate surface area is 182 Å². The van der Waals surface area contributed by atoms with Gasteiger partial charge >= 0.3 is 5.97 Å². The summed E-state index contributed by atoms with van der Waals surface area (Å²) in [6, 6.07) is 8.06. The molecule has 0 amide bonds. The number of nitrogens with zero attached hydrogens (tertiary/aromatic N) is 2. The summed E-state index contributed by atoms with van der Waals surface area (Å²) in [5.74, 6) is 0.374. The van der Waals surface area contributed by atoms with Crippen molar-refractivity contribution in [1.82, 2.24) is 15.6 Å². The number of carbonyl (C=O) groups is 1. The van der Waals surface area contributed by atoms with Crippen LogP contribution in [0.1, 0.15) is 65.2 Å². The van der Waals surface area contributed by atoms with Gasteiger partial charge < -0.3 is 20.1 Å². The molecule has 0 saturated heterocycles. The third-order valence-corrected chi connectivity index (χ3v) is 5.65. The number of aryl methyl sites for hydroxylation is 1. The molecule has 30 heavy (non-hydrogen) atoms. The summed E-state index contributed by atoms with van der Waals surface area (Å²) < 4.78 is 10.7. The van der Waals surface area contributed by atoms with Gasteiger partial charge in [-0.2, -0.15) is 0 Å². The largest absolute Gasteiger partial charge is 0.462 e. The molecule has 2 rings (SSSR count). The summed E-state index contributed by atoms with van der Waals surface area (Å²) >= 11 is 1.35. The molecule has 0 spiro atoms. The third kappa shape index (κ3) is 6.81. The number of nitrogens with one attached hydrogen (secondary N) is 2. The lowest BCUT2D eigenvalue weighted by molar-refractivity contribution is 0.0531. The monoisotopic (exact) mass is 432 g/mol. The van der Waals surface area contributed by atoms with Crippen LogP contribution in [-0.2, 0) is 22.6 Å². The number of thiazole rings is 1. The maximum absolute atomic E-state index is 12.1. The van der Waals surface area contributed by atoms with E-state index >= 15 is 0 Å². The van der Waals surface area contributed by atoms with Crippen molar-refractivity contribution < 1.29 is 14.3 Å². The van der Waals surface area contributed by atoms with E-state index in [0.29, 0.717) is 42.9 Å². The van der Waals surface area contributed by atoms with E-state index < -0.39 is 0 Å². The van der Waals surface area contributed by atoms with Crippen LogP contribution in [0, 0.1) is 6.92 Å². The molecule has 1 aromatic heterocycles. The van der Waals surface area contributed by atoms with Gasteiger partial charge in [0.05, 0.1) is 31.5 Å². The van der Waals surface area contributed by atoms with Crippen molar-refractivity contribution >= 4 is 23.3 Å². The minimum atomic E-state index is -0.322. The lowest BCUT2D eigenvalue weighted by atomic mass is 10.1. The van der Waals surface area contributed by atoms with Crippen LogP contribution in [-0.4, -0.2) is 36.7 Å². The van der Waals surface area contributed by atoms with Crippen LogP contribution in [0.25, 0.3) is 0 Å². The van der Waals surface area contributed by atoms with Crippen molar-refractivity contribution in [3.05, 3.63) is 51.0 Å². The summed E-state index contributed by atoms with van der Waals surface area (Å²) in [6.45, 7) is 12.5. The molecule has 1 unspecified atom stereocenters. The lowest BCUT2D eigenvalue weighted by Crippen LogP contribution is -2.38. The van der Waals surface area contributed by atoms with Crippen LogP contribution in [0.5, 0.6) is 0 Å². The molecule has 0 aliphatic carbocycles. The van der Waals surface area contributed by atoms with E-state index in [1.807, 2.05) is 39.8 Å². The zero-order chi connectivity index (χ0) is 21.9. The molecular formula is C22H32N4O3S. The fourth-order valence-electron chi connectivity index (χ4n) is 2.80. The molecule has 8 heteroatoms. The number of aromatic nitrogens is 1. The van der Waals surface area contributed by atoms with E-state index in [1.54, 1.807) is 6.92 Å². The highest BCUT2D eigenvalue weighted by Crippen LogP contribution is 2.24. The molecule has 2 N–H and O–H groups in total. The summed E-state index contributed by atoms with van der Waals surface area (Å²) in [4.78, 5) is 21.9. The first-order valence-corrected chi connectivity index (χ1v) is 11.2. The Hall–Kier alpha value is -2.45. The van der Waals surface area contributed by atoms with Crippen LogP contribution >= 0.6 is 11.3 Å². The molecule has 1 heterocycles. The van der Waals surface area contributed by atoms with Gasteiger partial charge in [0.2, 0.25) is 0 Å². The van der Waals surface area contributed by atoms with Gasteiger partial charge in [-0.1, -0.05) is 24.3 Å². The highest BCUT2D eigenvalue weighted by Gasteiger charge is 2.20. The standard InChI is InChI=1S/C22H32N4O3S/c1-6-23-22(24-13-17-11-9-10-12-18(17)14-28-7-2)26-16(5)20-25-15(4)19(30-20)21(27)29-8-3/h9-12,16H,6-8,13-14H2,1-5H3,(H2,23,24,26). The summed E-state index contributed by atoms with van der Waals surface area (Å²) in [7, 11) is 0. The van der Waals surface area contributed by atoms with Crippen molar-refractivity contribution in [1.29, 1.82) is 0 Å². The Morgan fingerprint density at radius 3 is 2.60 bits per heavy atom. The minimum Gasteiger partial charge on any atom is -0.462 e. The predicted molar refractivity (Wildman–Crippen MR) is 121 cm³/mol. The zero-order valence-electron chi connectivity index (χ0n) is 18.4. The van der Waals surface area contributed by atoms with Gasteiger partial charge in [0.25, 0.3) is 0 Å². The van der Waals surface area contributed by atoms with Gasteiger partial charge in [-0.05, 0) is 45.7 Å². The van der Waals surface area contributed by atoms with E-state index in [9.17, 15) is 4.79 Å². The number of guanidine groups is 1. The SMILES string of the molecule is CCNC(=NCc1ccccc1COCC)NC(C)c1nc(C)c(C(=O)OCC)s1. The van der Waals surface area contributed by atoms with E-state index in [0.717, 1.165) is 22.7 Å². The zero-order valence-corrected chi connectivity index (χ0v) is 19.3. The molecule has 0 aliphatic heterocycles. The second-order valence-electron chi connectivity index (χ2n) is 6.65. The molecule has 0 fully saturated rings. The summed E-state index contributed by atoms with van der Waals surface area (Å²) in [5, 5.41) is 7.47. The van der Waals surface area contributed by atoms with E-state index in [1.165, 1.54) is 11.3 Å². The molecule has 7 nitrogen and oxygen atoms in total. The molecule has 2 aromatic rings. The number of ether oxygens (including phenoxy) is 2. The van der Waals surface area contributed by atoms with Crippen molar-refractivity contribution in [3.8, 4) is 0 Å². The normalized spacial score (nSPS) is 12.5. The Kier molecular flexibility index (Phi) is 9.76. The van der Waals surface area contributed by atoms with Gasteiger partial charge in [-0.25, -0.2) is 14.8 Å². The first-order valence-electron chi connectivity index (χ1n) is 10.3. The Morgan fingerprint density at radius 2 is 1.93 bits per heavy atom. The molecule has 164 valence electrons. The van der Waals surface area contributed by atoms with Crippen LogP contribution in [0.2, 0.25) is 0 Å². The van der Waals surface area contributed by atoms with Gasteiger partial charge in [0.15, 0.2) is 5.96 Å². The van der Waals surface area contributed by atoms with E-state index in [4.69, 9.17) is 14.5 Å². The molecule has 1 aromatic carbocycles. The van der Waals surface area contributed by atoms with E-state index in [2.05, 4.69) is 27.8 Å². The smallest absolute Gasteiger partial charge is 0.350 e. The third-order valence-electron chi connectivity index (χ3n) is 4.33. The predicted octanol–water partition coefficient (Wildman–Crippen LogP) is 3.98. The number of benzene rings is 1. The first kappa shape index (κ1) is 23.8. The fraction of sp³-hybridized carbons (Fsp3) is 0.500. The van der Waals surface area contributed by atoms with Crippen LogP contribution < -0.4 is 10.6 Å². The molecule has 1 atom stereocenters. The summed E-state index contributed by atoms with van der Waals surface area (Å²) in [6.07, 6.45) is 0. The fourth-order valence-corrected chi connectivity index (χ4v) is 3.77. The van der Waals surface area contributed by atoms with Gasteiger partial charge in [-0.15, -0.1) is 11.3 Å². The second kappa shape index (κ2) is 12.3. The Balaban J connectivity index is 2.12. The Morgan fingerprint density at radius 1 is 1.20 bits per heavy atom. The van der Waals surface area contributed by atoms with Crippen LogP contribution in [0.15, 0.2) is 29.3 Å². The summed E-state index contributed by atoms with van der Waals surface area (Å²) in [5.41, 5.74) is 2.96. The minimum absolute atomic E-state index is 0.103. The maximum atomic E-state index is 12.1. The van der Waals surface area contributed by atoms with Crippen molar-refractivity contribution in [2.24, 2.45) is 4.99 Å². The quantitative estimate of drug-likeness (QED) is 0.336. The molecule has 0 saturated carbocycles. The van der Waals surface area contributed by atoms with Gasteiger partial charge in [0, 0.05) is 13.2 Å². The average Bonchev–Trinajstić information content (AvgIpc) is 3.13. The van der Waals surface area contributed by atoms with Gasteiger partial charge in [-0.3, -0.25) is 0 Å². The maximum Gasteiger partial charge on any atom is 0.350 e. The van der Waals surface area contributed by atoms with Crippen molar-refractivity contribution in [2.45, 2.75) is 53.8 Å². The molecule has 0 aliphatic rings. The molecule has 0 bridgehead atoms. The average molecular weight is 433 g/mol. The lowest BCUT2D eigenvalue weighted by Gasteiger charge is -2.16. The highest BCUT2D eigenvalue weighted by atomic mass is 32.1. The topological polar surface area (TPSA) is 84.8 Å². The van der Waals surface area contributed by atoms with Crippen LogP contribution in [0.3, 0.4) is 0 Å². The van der Waals surface area contributed by atoms with Crippen LogP contribution in [0.4, 0.5) is 0 Å². The number of rotatable bonds is 10. The molecule has 0 radical (unpaired) electrons. The van der Waals surface area contributed by atoms with E-state index in [-0.39, 0.29) is 12.0 Å².